The predicted molar refractivity (Wildman–Crippen MR) is 91.0 cm³/mol. The van der Waals surface area contributed by atoms with Gasteiger partial charge in [-0.3, -0.25) is 0 Å². The Balaban J connectivity index is 1.57. The third-order valence-corrected chi connectivity index (χ3v) is 5.56. The van der Waals surface area contributed by atoms with Crippen molar-refractivity contribution >= 4 is 11.3 Å². The second kappa shape index (κ2) is 6.67. The molecule has 5 heteroatoms. The monoisotopic (exact) mass is 334 g/mol. The van der Waals surface area contributed by atoms with Crippen molar-refractivity contribution in [2.75, 3.05) is 6.54 Å². The van der Waals surface area contributed by atoms with Crippen LogP contribution >= 0.6 is 11.3 Å². The molecule has 2 N–H and O–H groups in total. The van der Waals surface area contributed by atoms with E-state index in [9.17, 15) is 9.50 Å². The van der Waals surface area contributed by atoms with Crippen LogP contribution < -0.4 is 5.32 Å². The van der Waals surface area contributed by atoms with Crippen LogP contribution in [0.5, 0.6) is 0 Å². The van der Waals surface area contributed by atoms with Gasteiger partial charge in [0.05, 0.1) is 11.3 Å². The zero-order valence-electron chi connectivity index (χ0n) is 13.6. The summed E-state index contributed by atoms with van der Waals surface area (Å²) in [5, 5.41) is 14.9. The number of thiazole rings is 1. The van der Waals surface area contributed by atoms with E-state index in [2.05, 4.69) is 12.2 Å². The molecule has 0 amide bonds. The SMILES string of the molecule is CC1CCc2nc(CNCC(C)(O)c3ccc(F)cc3)sc2C1. The maximum atomic E-state index is 13.0. The first-order valence-electron chi connectivity index (χ1n) is 8.10. The first kappa shape index (κ1) is 16.6. The molecule has 1 aromatic carbocycles. The minimum Gasteiger partial charge on any atom is -0.384 e. The van der Waals surface area contributed by atoms with Crippen LogP contribution in [0.3, 0.4) is 0 Å². The molecule has 3 nitrogen and oxygen atoms in total. The number of halogens is 1. The molecule has 1 aromatic heterocycles. The molecule has 0 saturated carbocycles. The lowest BCUT2D eigenvalue weighted by atomic mass is 9.93. The van der Waals surface area contributed by atoms with E-state index in [1.54, 1.807) is 30.4 Å². The van der Waals surface area contributed by atoms with Crippen molar-refractivity contribution in [1.82, 2.24) is 10.3 Å². The summed E-state index contributed by atoms with van der Waals surface area (Å²) in [5.74, 6) is 0.461. The van der Waals surface area contributed by atoms with Crippen LogP contribution in [0.2, 0.25) is 0 Å². The topological polar surface area (TPSA) is 45.2 Å². The molecule has 2 atom stereocenters. The molecule has 0 saturated heterocycles. The highest BCUT2D eigenvalue weighted by Crippen LogP contribution is 2.29. The van der Waals surface area contributed by atoms with Gasteiger partial charge in [-0.2, -0.15) is 0 Å². The third-order valence-electron chi connectivity index (χ3n) is 4.44. The summed E-state index contributed by atoms with van der Waals surface area (Å²) in [4.78, 5) is 6.14. The number of aryl methyl sites for hydroxylation is 1. The van der Waals surface area contributed by atoms with Gasteiger partial charge in [0.1, 0.15) is 10.8 Å². The number of nitrogens with zero attached hydrogens (tertiary/aromatic N) is 1. The zero-order chi connectivity index (χ0) is 16.4. The fraction of sp³-hybridized carbons (Fsp3) is 0.500. The van der Waals surface area contributed by atoms with Gasteiger partial charge < -0.3 is 10.4 Å². The summed E-state index contributed by atoms with van der Waals surface area (Å²) in [6, 6.07) is 6.00. The van der Waals surface area contributed by atoms with Crippen LogP contribution in [0, 0.1) is 11.7 Å². The van der Waals surface area contributed by atoms with E-state index in [4.69, 9.17) is 4.98 Å². The molecule has 2 aromatic rings. The van der Waals surface area contributed by atoms with E-state index in [-0.39, 0.29) is 5.82 Å². The first-order chi connectivity index (χ1) is 10.9. The van der Waals surface area contributed by atoms with Gasteiger partial charge in [-0.1, -0.05) is 19.1 Å². The Kier molecular flexibility index (Phi) is 4.80. The van der Waals surface area contributed by atoms with Crippen molar-refractivity contribution in [3.05, 3.63) is 51.2 Å². The number of rotatable bonds is 5. The van der Waals surface area contributed by atoms with Gasteiger partial charge in [-0.15, -0.1) is 11.3 Å². The van der Waals surface area contributed by atoms with Gasteiger partial charge in [0.2, 0.25) is 0 Å². The molecule has 0 bridgehead atoms. The molecule has 0 radical (unpaired) electrons. The second-order valence-electron chi connectivity index (χ2n) is 6.71. The summed E-state index contributed by atoms with van der Waals surface area (Å²) in [7, 11) is 0. The first-order valence-corrected chi connectivity index (χ1v) is 8.92. The van der Waals surface area contributed by atoms with E-state index in [1.165, 1.54) is 29.1 Å². The molecule has 1 aliphatic carbocycles. The second-order valence-corrected chi connectivity index (χ2v) is 7.88. The van der Waals surface area contributed by atoms with Crippen molar-refractivity contribution in [3.8, 4) is 0 Å². The number of benzene rings is 1. The Morgan fingerprint density at radius 2 is 2.13 bits per heavy atom. The van der Waals surface area contributed by atoms with Gasteiger partial charge in [-0.05, 0) is 49.8 Å². The van der Waals surface area contributed by atoms with Crippen LogP contribution in [0.4, 0.5) is 4.39 Å². The Labute approximate surface area is 140 Å². The van der Waals surface area contributed by atoms with Crippen LogP contribution in [-0.2, 0) is 25.0 Å². The van der Waals surface area contributed by atoms with Crippen molar-refractivity contribution in [2.45, 2.75) is 45.3 Å². The Hall–Kier alpha value is -1.30. The smallest absolute Gasteiger partial charge is 0.123 e. The highest BCUT2D eigenvalue weighted by molar-refractivity contribution is 7.11. The van der Waals surface area contributed by atoms with Crippen LogP contribution in [0.25, 0.3) is 0 Å². The highest BCUT2D eigenvalue weighted by atomic mass is 32.1. The lowest BCUT2D eigenvalue weighted by Crippen LogP contribution is -2.35. The minimum atomic E-state index is -1.03. The van der Waals surface area contributed by atoms with E-state index < -0.39 is 5.60 Å². The summed E-state index contributed by atoms with van der Waals surface area (Å²) >= 11 is 1.78. The lowest BCUT2D eigenvalue weighted by Gasteiger charge is -2.24. The number of nitrogens with one attached hydrogen (secondary N) is 1. The molecule has 2 unspecified atom stereocenters. The molecular weight excluding hydrogens is 311 g/mol. The average Bonchev–Trinajstić information content (AvgIpc) is 2.89. The number of aromatic nitrogens is 1. The quantitative estimate of drug-likeness (QED) is 0.881. The Morgan fingerprint density at radius 3 is 2.87 bits per heavy atom. The number of hydrogen-bond acceptors (Lipinski definition) is 4. The van der Waals surface area contributed by atoms with E-state index in [1.807, 2.05) is 0 Å². The fourth-order valence-electron chi connectivity index (χ4n) is 2.99. The van der Waals surface area contributed by atoms with Crippen molar-refractivity contribution in [2.24, 2.45) is 5.92 Å². The number of aliphatic hydroxyl groups is 1. The maximum Gasteiger partial charge on any atom is 0.123 e. The molecule has 124 valence electrons. The standard InChI is InChI=1S/C18H23FN2OS/c1-12-3-8-15-16(9-12)23-17(21-15)10-20-11-18(2,22)13-4-6-14(19)7-5-13/h4-7,12,20,22H,3,8-11H2,1-2H3. The largest absolute Gasteiger partial charge is 0.384 e. The molecule has 23 heavy (non-hydrogen) atoms. The molecule has 0 spiro atoms. The van der Waals surface area contributed by atoms with E-state index in [0.29, 0.717) is 18.7 Å². The molecular formula is C18H23FN2OS. The van der Waals surface area contributed by atoms with Crippen molar-refractivity contribution < 1.29 is 9.50 Å². The number of hydrogen-bond donors (Lipinski definition) is 2. The molecule has 3 rings (SSSR count). The third kappa shape index (κ3) is 3.97. The fourth-order valence-corrected chi connectivity index (χ4v) is 4.24. The highest BCUT2D eigenvalue weighted by Gasteiger charge is 2.23. The van der Waals surface area contributed by atoms with Crippen molar-refractivity contribution in [3.63, 3.8) is 0 Å². The molecule has 1 aliphatic rings. The van der Waals surface area contributed by atoms with Gasteiger partial charge >= 0.3 is 0 Å². The normalized spacial score (nSPS) is 20.1. The number of fused-ring (bicyclic) bond motifs is 1. The van der Waals surface area contributed by atoms with Gasteiger partial charge in [0, 0.05) is 18.0 Å². The lowest BCUT2D eigenvalue weighted by molar-refractivity contribution is 0.0566. The Morgan fingerprint density at radius 1 is 1.39 bits per heavy atom. The average molecular weight is 334 g/mol. The van der Waals surface area contributed by atoms with Gasteiger partial charge in [0.15, 0.2) is 0 Å². The van der Waals surface area contributed by atoms with E-state index in [0.717, 1.165) is 23.8 Å². The zero-order valence-corrected chi connectivity index (χ0v) is 14.4. The van der Waals surface area contributed by atoms with Crippen LogP contribution in [0.15, 0.2) is 24.3 Å². The summed E-state index contributed by atoms with van der Waals surface area (Å²) in [5.41, 5.74) is 0.938. The van der Waals surface area contributed by atoms with Crippen LogP contribution in [0.1, 0.15) is 41.4 Å². The van der Waals surface area contributed by atoms with Crippen molar-refractivity contribution in [1.29, 1.82) is 0 Å². The van der Waals surface area contributed by atoms with Gasteiger partial charge in [-0.25, -0.2) is 9.37 Å². The predicted octanol–water partition coefficient (Wildman–Crippen LogP) is 3.40. The Bertz CT molecular complexity index is 666. The summed E-state index contributed by atoms with van der Waals surface area (Å²) in [6.45, 7) is 5.09. The molecule has 1 heterocycles. The van der Waals surface area contributed by atoms with Gasteiger partial charge in [0.25, 0.3) is 0 Å². The minimum absolute atomic E-state index is 0.292. The maximum absolute atomic E-state index is 13.0. The summed E-state index contributed by atoms with van der Waals surface area (Å²) in [6.07, 6.45) is 3.45. The summed E-state index contributed by atoms with van der Waals surface area (Å²) < 4.78 is 13.0. The molecule has 0 aliphatic heterocycles. The molecule has 0 fully saturated rings. The van der Waals surface area contributed by atoms with E-state index >= 15 is 0 Å². The van der Waals surface area contributed by atoms with Crippen LogP contribution in [-0.4, -0.2) is 16.6 Å².